The van der Waals surface area contributed by atoms with E-state index >= 15 is 0 Å². The summed E-state index contributed by atoms with van der Waals surface area (Å²) < 4.78 is 10.5. The first-order valence-electron chi connectivity index (χ1n) is 6.47. The molecule has 3 heteroatoms. The monoisotopic (exact) mass is 264 g/mol. The van der Waals surface area contributed by atoms with Crippen molar-refractivity contribution in [3.63, 3.8) is 0 Å². The highest BCUT2D eigenvalue weighted by Gasteiger charge is 2.36. The van der Waals surface area contributed by atoms with Gasteiger partial charge in [-0.15, -0.1) is 0 Å². The highest BCUT2D eigenvalue weighted by molar-refractivity contribution is 5.48. The Morgan fingerprint density at radius 1 is 1.16 bits per heavy atom. The van der Waals surface area contributed by atoms with E-state index in [1.165, 1.54) is 0 Å². The lowest BCUT2D eigenvalue weighted by Gasteiger charge is -2.35. The first-order valence-corrected chi connectivity index (χ1v) is 6.47. The minimum atomic E-state index is -0.530. The van der Waals surface area contributed by atoms with Crippen molar-refractivity contribution in [1.82, 2.24) is 0 Å². The van der Waals surface area contributed by atoms with Crippen molar-refractivity contribution in [2.45, 2.75) is 32.7 Å². The molecule has 1 atom stereocenters. The van der Waals surface area contributed by atoms with Crippen LogP contribution in [-0.2, 0) is 9.47 Å². The van der Waals surface area contributed by atoms with E-state index in [2.05, 4.69) is 0 Å². The van der Waals surface area contributed by atoms with Crippen LogP contribution in [0.2, 0.25) is 0 Å². The quantitative estimate of drug-likeness (QED) is 0.769. The molecule has 0 aliphatic heterocycles. The van der Waals surface area contributed by atoms with E-state index < -0.39 is 17.8 Å². The Kier molecular flexibility index (Phi) is 6.22. The van der Waals surface area contributed by atoms with Gasteiger partial charge in [0.25, 0.3) is 0 Å². The van der Waals surface area contributed by atoms with Gasteiger partial charge in [0.15, 0.2) is 6.29 Å². The molecule has 1 aromatic rings. The minimum absolute atomic E-state index is 0.423. The summed E-state index contributed by atoms with van der Waals surface area (Å²) in [4.78, 5) is 0. The van der Waals surface area contributed by atoms with Crippen molar-refractivity contribution in [2.24, 2.45) is 5.41 Å². The number of rotatable bonds is 7. The van der Waals surface area contributed by atoms with E-state index in [-0.39, 0.29) is 0 Å². The lowest BCUT2D eigenvalue weighted by atomic mass is 9.83. The van der Waals surface area contributed by atoms with Gasteiger partial charge in [-0.05, 0) is 12.0 Å². The van der Waals surface area contributed by atoms with E-state index in [0.717, 1.165) is 5.56 Å². The third-order valence-electron chi connectivity index (χ3n) is 3.36. The fourth-order valence-corrected chi connectivity index (χ4v) is 2.06. The summed E-state index contributed by atoms with van der Waals surface area (Å²) in [6.07, 6.45) is 3.59. The summed E-state index contributed by atoms with van der Waals surface area (Å²) in [7, 11) is 3.17. The van der Waals surface area contributed by atoms with E-state index in [1.54, 1.807) is 14.2 Å². The first kappa shape index (κ1) is 15.9. The molecule has 1 rings (SSSR count). The van der Waals surface area contributed by atoms with Crippen LogP contribution < -0.4 is 0 Å². The van der Waals surface area contributed by atoms with Crippen LogP contribution in [0.3, 0.4) is 0 Å². The van der Waals surface area contributed by atoms with E-state index in [9.17, 15) is 5.11 Å². The maximum absolute atomic E-state index is 10.3. The molecule has 0 saturated heterocycles. The normalized spacial score (nSPS) is 14.2. The topological polar surface area (TPSA) is 38.7 Å². The molecule has 0 saturated carbocycles. The summed E-state index contributed by atoms with van der Waals surface area (Å²) >= 11 is 0. The lowest BCUT2D eigenvalue weighted by molar-refractivity contribution is -0.196. The second-order valence-corrected chi connectivity index (χ2v) is 5.19. The molecule has 19 heavy (non-hydrogen) atoms. The molecule has 3 nitrogen and oxygen atoms in total. The van der Waals surface area contributed by atoms with Crippen LogP contribution >= 0.6 is 0 Å². The van der Waals surface area contributed by atoms with Crippen LogP contribution in [0.5, 0.6) is 0 Å². The van der Waals surface area contributed by atoms with Crippen molar-refractivity contribution in [3.05, 3.63) is 42.0 Å². The zero-order chi connectivity index (χ0) is 14.3. The molecule has 1 N–H and O–H groups in total. The highest BCUT2D eigenvalue weighted by Crippen LogP contribution is 2.30. The molecule has 106 valence electrons. The van der Waals surface area contributed by atoms with Crippen molar-refractivity contribution >= 4 is 6.08 Å². The Balaban J connectivity index is 2.59. The smallest absolute Gasteiger partial charge is 0.164 e. The third-order valence-corrected chi connectivity index (χ3v) is 3.36. The minimum Gasteiger partial charge on any atom is -0.392 e. The summed E-state index contributed by atoms with van der Waals surface area (Å²) in [6, 6.07) is 10.0. The van der Waals surface area contributed by atoms with Gasteiger partial charge in [0.1, 0.15) is 0 Å². The molecule has 0 amide bonds. The Morgan fingerprint density at radius 3 is 2.26 bits per heavy atom. The molecular formula is C16H24O3. The second-order valence-electron chi connectivity index (χ2n) is 5.19. The number of ether oxygens (including phenoxy) is 2. The van der Waals surface area contributed by atoms with Gasteiger partial charge in [-0.2, -0.15) is 0 Å². The zero-order valence-corrected chi connectivity index (χ0v) is 12.2. The molecule has 0 fully saturated rings. The second kappa shape index (κ2) is 7.43. The van der Waals surface area contributed by atoms with Crippen molar-refractivity contribution < 1.29 is 14.6 Å². The molecule has 0 aliphatic rings. The number of hydrogen-bond donors (Lipinski definition) is 1. The third kappa shape index (κ3) is 4.46. The molecule has 0 spiro atoms. The van der Waals surface area contributed by atoms with E-state index in [0.29, 0.717) is 6.42 Å². The number of hydrogen-bond acceptors (Lipinski definition) is 3. The van der Waals surface area contributed by atoms with Crippen LogP contribution in [0, 0.1) is 5.41 Å². The first-order chi connectivity index (χ1) is 9.02. The predicted octanol–water partition coefficient (Wildman–Crippen LogP) is 3.10. The molecule has 1 aromatic carbocycles. The van der Waals surface area contributed by atoms with Gasteiger partial charge in [-0.1, -0.05) is 56.3 Å². The summed E-state index contributed by atoms with van der Waals surface area (Å²) in [6.45, 7) is 3.87. The van der Waals surface area contributed by atoms with Gasteiger partial charge in [-0.3, -0.25) is 0 Å². The number of benzene rings is 1. The molecule has 0 aromatic heterocycles. The maximum Gasteiger partial charge on any atom is 0.164 e. The lowest BCUT2D eigenvalue weighted by Crippen LogP contribution is -2.42. The molecular weight excluding hydrogens is 240 g/mol. The fourth-order valence-electron chi connectivity index (χ4n) is 2.06. The van der Waals surface area contributed by atoms with Gasteiger partial charge in [0.2, 0.25) is 0 Å². The van der Waals surface area contributed by atoms with Crippen molar-refractivity contribution in [2.75, 3.05) is 14.2 Å². The fraction of sp³-hybridized carbons (Fsp3) is 0.500. The number of aliphatic hydroxyl groups excluding tert-OH is 1. The van der Waals surface area contributed by atoms with Crippen molar-refractivity contribution in [3.8, 4) is 0 Å². The van der Waals surface area contributed by atoms with Gasteiger partial charge in [0, 0.05) is 19.6 Å². The maximum atomic E-state index is 10.3. The largest absolute Gasteiger partial charge is 0.392 e. The zero-order valence-electron chi connectivity index (χ0n) is 12.2. The van der Waals surface area contributed by atoms with Crippen LogP contribution in [0.15, 0.2) is 36.4 Å². The highest BCUT2D eigenvalue weighted by atomic mass is 16.7. The molecule has 0 heterocycles. The van der Waals surface area contributed by atoms with Crippen LogP contribution in [0.1, 0.15) is 25.8 Å². The SMILES string of the molecule is COC(OC)C(C)(C)[C@H](O)C/C=C/c1ccccc1. The number of methoxy groups -OCH3 is 2. The standard InChI is InChI=1S/C16H24O3/c1-16(2,15(18-3)19-4)14(17)12-8-11-13-9-6-5-7-10-13/h5-11,14-15,17H,12H2,1-4H3/b11-8+/t14-/m1/s1. The molecule has 0 aliphatic carbocycles. The molecule has 0 bridgehead atoms. The predicted molar refractivity (Wildman–Crippen MR) is 77.7 cm³/mol. The average molecular weight is 264 g/mol. The average Bonchev–Trinajstić information content (AvgIpc) is 2.41. The molecule has 0 unspecified atom stereocenters. The van der Waals surface area contributed by atoms with Crippen LogP contribution in [0.25, 0.3) is 6.08 Å². The van der Waals surface area contributed by atoms with E-state index in [4.69, 9.17) is 9.47 Å². The van der Waals surface area contributed by atoms with Gasteiger partial charge >= 0.3 is 0 Å². The van der Waals surface area contributed by atoms with E-state index in [1.807, 2.05) is 56.3 Å². The van der Waals surface area contributed by atoms with Crippen LogP contribution in [0.4, 0.5) is 0 Å². The van der Waals surface area contributed by atoms with Crippen LogP contribution in [-0.4, -0.2) is 31.7 Å². The summed E-state index contributed by atoms with van der Waals surface area (Å²) in [5.74, 6) is 0. The Labute approximate surface area is 115 Å². The number of aliphatic hydroxyl groups is 1. The molecule has 0 radical (unpaired) electrons. The van der Waals surface area contributed by atoms with Crippen molar-refractivity contribution in [1.29, 1.82) is 0 Å². The Bertz CT molecular complexity index is 380. The van der Waals surface area contributed by atoms with Gasteiger partial charge < -0.3 is 14.6 Å². The van der Waals surface area contributed by atoms with Gasteiger partial charge in [-0.25, -0.2) is 0 Å². The van der Waals surface area contributed by atoms with Gasteiger partial charge in [0.05, 0.1) is 6.10 Å². The summed E-state index contributed by atoms with van der Waals surface area (Å²) in [5, 5.41) is 10.3. The Morgan fingerprint density at radius 2 is 1.74 bits per heavy atom. The Hall–Kier alpha value is -1.16. The summed E-state index contributed by atoms with van der Waals surface area (Å²) in [5.41, 5.74) is 0.660.